The summed E-state index contributed by atoms with van der Waals surface area (Å²) in [6.07, 6.45) is 2.09. The van der Waals surface area contributed by atoms with Gasteiger partial charge in [-0.05, 0) is 19.1 Å². The van der Waals surface area contributed by atoms with Crippen LogP contribution in [-0.4, -0.2) is 26.5 Å². The van der Waals surface area contributed by atoms with E-state index in [0.717, 1.165) is 11.1 Å². The Morgan fingerprint density at radius 3 is 3.04 bits per heavy atom. The van der Waals surface area contributed by atoms with E-state index >= 15 is 0 Å². The smallest absolute Gasteiger partial charge is 0.256 e. The van der Waals surface area contributed by atoms with Gasteiger partial charge in [0.1, 0.15) is 23.8 Å². The molecular formula is C16H14FN5O. The van der Waals surface area contributed by atoms with Gasteiger partial charge in [-0.3, -0.25) is 4.79 Å². The third-order valence-electron chi connectivity index (χ3n) is 4.06. The SMILES string of the molecule is Cc1nc2c(c(=O)[nH]1)CN(c1ncnc3cc(F)ccc13)CC2. The van der Waals surface area contributed by atoms with Crippen LogP contribution in [0.15, 0.2) is 29.3 Å². The fraction of sp³-hybridized carbons (Fsp3) is 0.250. The van der Waals surface area contributed by atoms with E-state index in [4.69, 9.17) is 0 Å². The normalized spacial score (nSPS) is 14.1. The molecule has 1 aromatic carbocycles. The fourth-order valence-corrected chi connectivity index (χ4v) is 3.00. The van der Waals surface area contributed by atoms with E-state index in [-0.39, 0.29) is 11.4 Å². The van der Waals surface area contributed by atoms with E-state index < -0.39 is 0 Å². The minimum absolute atomic E-state index is 0.110. The molecular weight excluding hydrogens is 297 g/mol. The summed E-state index contributed by atoms with van der Waals surface area (Å²) in [5.41, 5.74) is 1.95. The van der Waals surface area contributed by atoms with Crippen LogP contribution in [0.1, 0.15) is 17.1 Å². The van der Waals surface area contributed by atoms with Crippen LogP contribution < -0.4 is 10.5 Å². The molecule has 0 amide bonds. The van der Waals surface area contributed by atoms with Gasteiger partial charge in [-0.2, -0.15) is 0 Å². The molecule has 7 heteroatoms. The highest BCUT2D eigenvalue weighted by molar-refractivity contribution is 5.89. The number of aryl methyl sites for hydroxylation is 1. The maximum absolute atomic E-state index is 13.4. The first-order chi connectivity index (χ1) is 11.1. The minimum Gasteiger partial charge on any atom is -0.351 e. The second-order valence-corrected chi connectivity index (χ2v) is 5.61. The maximum Gasteiger partial charge on any atom is 0.256 e. The summed E-state index contributed by atoms with van der Waals surface area (Å²) < 4.78 is 13.4. The zero-order chi connectivity index (χ0) is 16.0. The van der Waals surface area contributed by atoms with Gasteiger partial charge in [0.2, 0.25) is 0 Å². The molecule has 4 rings (SSSR count). The van der Waals surface area contributed by atoms with Crippen molar-refractivity contribution in [2.45, 2.75) is 19.9 Å². The van der Waals surface area contributed by atoms with Gasteiger partial charge in [-0.1, -0.05) is 0 Å². The van der Waals surface area contributed by atoms with Crippen LogP contribution in [-0.2, 0) is 13.0 Å². The molecule has 1 N–H and O–H groups in total. The molecule has 0 aliphatic carbocycles. The van der Waals surface area contributed by atoms with Crippen LogP contribution in [0.2, 0.25) is 0 Å². The van der Waals surface area contributed by atoms with Crippen molar-refractivity contribution in [1.82, 2.24) is 19.9 Å². The summed E-state index contributed by atoms with van der Waals surface area (Å²) in [5, 5.41) is 0.772. The Hall–Kier alpha value is -2.83. The topological polar surface area (TPSA) is 74.8 Å². The predicted molar refractivity (Wildman–Crippen MR) is 83.8 cm³/mol. The van der Waals surface area contributed by atoms with Crippen molar-refractivity contribution in [3.8, 4) is 0 Å². The molecule has 0 saturated carbocycles. The predicted octanol–water partition coefficient (Wildman–Crippen LogP) is 1.72. The highest BCUT2D eigenvalue weighted by Gasteiger charge is 2.23. The van der Waals surface area contributed by atoms with Crippen molar-refractivity contribution in [2.75, 3.05) is 11.4 Å². The lowest BCUT2D eigenvalue weighted by atomic mass is 10.1. The van der Waals surface area contributed by atoms with Gasteiger partial charge in [-0.15, -0.1) is 0 Å². The van der Waals surface area contributed by atoms with E-state index in [9.17, 15) is 9.18 Å². The average Bonchev–Trinajstić information content (AvgIpc) is 2.53. The summed E-state index contributed by atoms with van der Waals surface area (Å²) in [5.74, 6) is 1.01. The Balaban J connectivity index is 1.80. The third kappa shape index (κ3) is 2.34. The molecule has 0 bridgehead atoms. The second kappa shape index (κ2) is 5.12. The van der Waals surface area contributed by atoms with Gasteiger partial charge >= 0.3 is 0 Å². The minimum atomic E-state index is -0.331. The fourth-order valence-electron chi connectivity index (χ4n) is 3.00. The van der Waals surface area contributed by atoms with Gasteiger partial charge in [-0.25, -0.2) is 19.3 Å². The molecule has 23 heavy (non-hydrogen) atoms. The van der Waals surface area contributed by atoms with Crippen LogP contribution in [0.4, 0.5) is 10.2 Å². The zero-order valence-corrected chi connectivity index (χ0v) is 12.5. The number of aromatic amines is 1. The van der Waals surface area contributed by atoms with Gasteiger partial charge in [0.25, 0.3) is 5.56 Å². The van der Waals surface area contributed by atoms with Crippen molar-refractivity contribution in [1.29, 1.82) is 0 Å². The molecule has 0 saturated heterocycles. The monoisotopic (exact) mass is 311 g/mol. The third-order valence-corrected chi connectivity index (χ3v) is 4.06. The summed E-state index contributed by atoms with van der Waals surface area (Å²) in [7, 11) is 0. The van der Waals surface area contributed by atoms with E-state index in [1.807, 2.05) is 4.90 Å². The molecule has 0 unspecified atom stereocenters. The van der Waals surface area contributed by atoms with E-state index in [1.54, 1.807) is 13.0 Å². The highest BCUT2D eigenvalue weighted by Crippen LogP contribution is 2.27. The second-order valence-electron chi connectivity index (χ2n) is 5.61. The van der Waals surface area contributed by atoms with Gasteiger partial charge in [0, 0.05) is 24.4 Å². The number of halogens is 1. The van der Waals surface area contributed by atoms with Crippen molar-refractivity contribution in [2.24, 2.45) is 0 Å². The van der Waals surface area contributed by atoms with Crippen molar-refractivity contribution in [3.63, 3.8) is 0 Å². The highest BCUT2D eigenvalue weighted by atomic mass is 19.1. The number of aromatic nitrogens is 4. The lowest BCUT2D eigenvalue weighted by Gasteiger charge is -2.29. The lowest BCUT2D eigenvalue weighted by molar-refractivity contribution is 0.629. The van der Waals surface area contributed by atoms with Crippen molar-refractivity contribution >= 4 is 16.7 Å². The number of fused-ring (bicyclic) bond motifs is 2. The Labute approximate surface area is 131 Å². The average molecular weight is 311 g/mol. The molecule has 3 aromatic rings. The number of hydrogen-bond donors (Lipinski definition) is 1. The molecule has 116 valence electrons. The van der Waals surface area contributed by atoms with Crippen LogP contribution in [0, 0.1) is 12.7 Å². The van der Waals surface area contributed by atoms with Gasteiger partial charge in [0.15, 0.2) is 0 Å². The number of H-pyrrole nitrogens is 1. The van der Waals surface area contributed by atoms with Crippen LogP contribution in [0.25, 0.3) is 10.9 Å². The van der Waals surface area contributed by atoms with Crippen LogP contribution in [0.5, 0.6) is 0 Å². The van der Waals surface area contributed by atoms with Crippen LogP contribution >= 0.6 is 0 Å². The van der Waals surface area contributed by atoms with Crippen molar-refractivity contribution in [3.05, 3.63) is 57.8 Å². The first-order valence-corrected chi connectivity index (χ1v) is 7.36. The number of rotatable bonds is 1. The number of benzene rings is 1. The first kappa shape index (κ1) is 13.8. The lowest BCUT2D eigenvalue weighted by Crippen LogP contribution is -2.36. The molecule has 0 radical (unpaired) electrons. The standard InChI is InChI=1S/C16H14FN5O/c1-9-20-13-4-5-22(7-12(13)16(23)21-9)15-11-3-2-10(17)6-14(11)18-8-19-15/h2-3,6,8H,4-5,7H2,1H3,(H,20,21,23). The number of nitrogens with one attached hydrogen (secondary N) is 1. The Morgan fingerprint density at radius 1 is 1.30 bits per heavy atom. The Morgan fingerprint density at radius 2 is 2.17 bits per heavy atom. The molecule has 2 aromatic heterocycles. The Bertz CT molecular complexity index is 968. The van der Waals surface area contributed by atoms with Gasteiger partial charge in [0.05, 0.1) is 23.3 Å². The zero-order valence-electron chi connectivity index (χ0n) is 12.5. The van der Waals surface area contributed by atoms with Crippen molar-refractivity contribution < 1.29 is 4.39 Å². The molecule has 0 fully saturated rings. The number of anilines is 1. The van der Waals surface area contributed by atoms with E-state index in [2.05, 4.69) is 19.9 Å². The summed E-state index contributed by atoms with van der Waals surface area (Å²) in [6, 6.07) is 4.45. The molecule has 0 spiro atoms. The largest absolute Gasteiger partial charge is 0.351 e. The van der Waals surface area contributed by atoms with Crippen LogP contribution in [0.3, 0.4) is 0 Å². The summed E-state index contributed by atoms with van der Waals surface area (Å²) in [4.78, 5) is 29.8. The number of nitrogens with zero attached hydrogens (tertiary/aromatic N) is 4. The first-order valence-electron chi connectivity index (χ1n) is 7.36. The quantitative estimate of drug-likeness (QED) is 0.741. The molecule has 3 heterocycles. The molecule has 1 aliphatic rings. The molecule has 1 aliphatic heterocycles. The number of hydrogen-bond acceptors (Lipinski definition) is 5. The summed E-state index contributed by atoms with van der Waals surface area (Å²) in [6.45, 7) is 2.91. The van der Waals surface area contributed by atoms with E-state index in [1.165, 1.54) is 18.5 Å². The molecule has 6 nitrogen and oxygen atoms in total. The van der Waals surface area contributed by atoms with Gasteiger partial charge < -0.3 is 9.88 Å². The molecule has 0 atom stereocenters. The maximum atomic E-state index is 13.4. The Kier molecular flexibility index (Phi) is 3.07. The summed E-state index contributed by atoms with van der Waals surface area (Å²) >= 11 is 0. The van der Waals surface area contributed by atoms with E-state index in [0.29, 0.717) is 42.2 Å².